The third kappa shape index (κ3) is 7.93. The molecule has 0 unspecified atom stereocenters. The van der Waals surface area contributed by atoms with Gasteiger partial charge in [0, 0.05) is 24.9 Å². The second kappa shape index (κ2) is 9.48. The summed E-state index contributed by atoms with van der Waals surface area (Å²) in [5.41, 5.74) is 0.313. The molecule has 0 atom stereocenters. The van der Waals surface area contributed by atoms with E-state index in [2.05, 4.69) is 5.32 Å². The van der Waals surface area contributed by atoms with E-state index in [1.807, 2.05) is 39.0 Å². The number of hydrogen-bond donors (Lipinski definition) is 1. The highest BCUT2D eigenvalue weighted by molar-refractivity contribution is 5.92. The number of rotatable bonds is 7. The first kappa shape index (κ1) is 23.0. The second-order valence-corrected chi connectivity index (χ2v) is 9.59. The lowest BCUT2D eigenvalue weighted by molar-refractivity contribution is -0.670. The largest absolute Gasteiger partial charge is 0.454 e. The molecule has 0 aromatic heterocycles. The molecule has 1 aromatic carbocycles. The highest BCUT2D eigenvalue weighted by Crippen LogP contribution is 2.32. The Morgan fingerprint density at radius 3 is 2.45 bits per heavy atom. The van der Waals surface area contributed by atoms with Crippen LogP contribution in [0.3, 0.4) is 0 Å². The Hall–Kier alpha value is -2.28. The molecule has 0 fully saturated rings. The molecule has 0 saturated carbocycles. The lowest BCUT2D eigenvalue weighted by Crippen LogP contribution is -2.82. The van der Waals surface area contributed by atoms with Gasteiger partial charge < -0.3 is 19.5 Å². The number of carbonyl (C=O) groups excluding carboxylic acids is 2. The average molecular weight is 408 g/mol. The van der Waals surface area contributed by atoms with Crippen molar-refractivity contribution < 1.29 is 29.1 Å². The average Bonchev–Trinajstić information content (AvgIpc) is 3.02. The van der Waals surface area contributed by atoms with Crippen LogP contribution in [0.25, 0.3) is 0 Å². The first-order valence-electron chi connectivity index (χ1n) is 10.2. The van der Waals surface area contributed by atoms with Gasteiger partial charge in [0.1, 0.15) is 12.1 Å². The van der Waals surface area contributed by atoms with Crippen LogP contribution in [-0.2, 0) is 16.1 Å². The van der Waals surface area contributed by atoms with Crippen molar-refractivity contribution in [1.29, 1.82) is 0 Å². The van der Waals surface area contributed by atoms with Crippen molar-refractivity contribution in [1.82, 2.24) is 4.90 Å². The Bertz CT molecular complexity index is 691. The van der Waals surface area contributed by atoms with E-state index < -0.39 is 11.7 Å². The van der Waals surface area contributed by atoms with Crippen molar-refractivity contribution in [3.8, 4) is 11.5 Å². The molecule has 2 N–H and O–H groups in total. The third-order valence-corrected chi connectivity index (χ3v) is 4.20. The van der Waals surface area contributed by atoms with Crippen molar-refractivity contribution in [3.63, 3.8) is 0 Å². The first-order chi connectivity index (χ1) is 13.4. The summed E-state index contributed by atoms with van der Waals surface area (Å²) in [6.45, 7) is 13.6. The molecule has 2 rings (SSSR count). The summed E-state index contributed by atoms with van der Waals surface area (Å²) in [5, 5.41) is 2.15. The Labute approximate surface area is 173 Å². The minimum atomic E-state index is -0.636. The van der Waals surface area contributed by atoms with Crippen LogP contribution < -0.4 is 14.8 Å². The number of amides is 2. The summed E-state index contributed by atoms with van der Waals surface area (Å²) in [5.74, 6) is 1.36. The highest BCUT2D eigenvalue weighted by Gasteiger charge is 2.29. The Kier molecular flexibility index (Phi) is 7.52. The molecule has 1 aliphatic heterocycles. The summed E-state index contributed by atoms with van der Waals surface area (Å²) >= 11 is 0. The molecule has 0 spiro atoms. The van der Waals surface area contributed by atoms with Gasteiger partial charge in [-0.1, -0.05) is 20.8 Å². The van der Waals surface area contributed by atoms with Crippen LogP contribution >= 0.6 is 0 Å². The summed E-state index contributed by atoms with van der Waals surface area (Å²) < 4.78 is 16.2. The standard InChI is InChI=1S/C22H34N2O5/c1-21(2,3)13-19(25)24(20(26)29-22(4,5)6)11-7-10-23-14-16-8-9-17-18(12-16)28-15-27-17/h8-9,12,23H,7,10-11,13-15H2,1-6H3/p+1. The molecule has 7 heteroatoms. The predicted octanol–water partition coefficient (Wildman–Crippen LogP) is 3.07. The van der Waals surface area contributed by atoms with Gasteiger partial charge in [0.2, 0.25) is 12.7 Å². The summed E-state index contributed by atoms with van der Waals surface area (Å²) in [7, 11) is 0. The normalized spacial score (nSPS) is 13.3. The van der Waals surface area contributed by atoms with Gasteiger partial charge in [0.15, 0.2) is 11.5 Å². The van der Waals surface area contributed by atoms with Crippen LogP contribution in [0.1, 0.15) is 59.9 Å². The molecule has 1 aromatic rings. The van der Waals surface area contributed by atoms with Crippen LogP contribution in [0.4, 0.5) is 4.79 Å². The van der Waals surface area contributed by atoms with Crippen molar-refractivity contribution in [3.05, 3.63) is 23.8 Å². The molecule has 0 saturated heterocycles. The van der Waals surface area contributed by atoms with Crippen molar-refractivity contribution in [2.24, 2.45) is 5.41 Å². The zero-order valence-corrected chi connectivity index (χ0v) is 18.5. The Balaban J connectivity index is 1.84. The quantitative estimate of drug-likeness (QED) is 0.703. The van der Waals surface area contributed by atoms with E-state index in [0.29, 0.717) is 19.4 Å². The summed E-state index contributed by atoms with van der Waals surface area (Å²) in [6.07, 6.45) is 0.426. The van der Waals surface area contributed by atoms with E-state index in [-0.39, 0.29) is 18.1 Å². The van der Waals surface area contributed by atoms with Crippen molar-refractivity contribution in [2.45, 2.75) is 66.5 Å². The van der Waals surface area contributed by atoms with Gasteiger partial charge >= 0.3 is 6.09 Å². The number of fused-ring (bicyclic) bond motifs is 1. The van der Waals surface area contributed by atoms with E-state index in [0.717, 1.165) is 30.2 Å². The van der Waals surface area contributed by atoms with Crippen LogP contribution in [0, 0.1) is 5.41 Å². The van der Waals surface area contributed by atoms with Crippen LogP contribution in [-0.4, -0.2) is 42.4 Å². The molecule has 0 bridgehead atoms. The Morgan fingerprint density at radius 2 is 1.79 bits per heavy atom. The van der Waals surface area contributed by atoms with Crippen LogP contribution in [0.5, 0.6) is 11.5 Å². The van der Waals surface area contributed by atoms with E-state index in [1.54, 1.807) is 20.8 Å². The van der Waals surface area contributed by atoms with Gasteiger partial charge in [0.05, 0.1) is 6.54 Å². The lowest BCUT2D eigenvalue weighted by atomic mass is 9.91. The number of carbonyl (C=O) groups is 2. The number of quaternary nitrogens is 1. The maximum Gasteiger partial charge on any atom is 0.417 e. The molecule has 0 aliphatic carbocycles. The number of ether oxygens (including phenoxy) is 3. The molecule has 0 radical (unpaired) electrons. The highest BCUT2D eigenvalue weighted by atomic mass is 16.7. The van der Waals surface area contributed by atoms with Gasteiger partial charge in [-0.25, -0.2) is 9.69 Å². The zero-order chi connectivity index (χ0) is 21.7. The SMILES string of the molecule is CC(C)(C)CC(=O)N(CCC[NH2+]Cc1ccc2c(c1)OCO2)C(=O)OC(C)(C)C. The number of nitrogens with zero attached hydrogens (tertiary/aromatic N) is 1. The number of nitrogens with two attached hydrogens (primary N) is 1. The summed E-state index contributed by atoms with van der Waals surface area (Å²) in [4.78, 5) is 26.5. The fraction of sp³-hybridized carbons (Fsp3) is 0.636. The Morgan fingerprint density at radius 1 is 1.10 bits per heavy atom. The fourth-order valence-electron chi connectivity index (χ4n) is 2.91. The van der Waals surface area contributed by atoms with Crippen LogP contribution in [0.15, 0.2) is 18.2 Å². The molecule has 162 valence electrons. The lowest BCUT2D eigenvalue weighted by Gasteiger charge is -2.28. The second-order valence-electron chi connectivity index (χ2n) is 9.59. The van der Waals surface area contributed by atoms with E-state index in [9.17, 15) is 9.59 Å². The predicted molar refractivity (Wildman–Crippen MR) is 110 cm³/mol. The fourth-order valence-corrected chi connectivity index (χ4v) is 2.91. The van der Waals surface area contributed by atoms with Gasteiger partial charge in [0.25, 0.3) is 0 Å². The number of hydrogen-bond acceptors (Lipinski definition) is 5. The first-order valence-corrected chi connectivity index (χ1v) is 10.2. The van der Waals surface area contributed by atoms with Gasteiger partial charge in [-0.15, -0.1) is 0 Å². The maximum absolute atomic E-state index is 12.7. The van der Waals surface area contributed by atoms with E-state index in [1.165, 1.54) is 4.90 Å². The van der Waals surface area contributed by atoms with Crippen molar-refractivity contribution >= 4 is 12.0 Å². The van der Waals surface area contributed by atoms with Gasteiger partial charge in [-0.05, 0) is 44.4 Å². The van der Waals surface area contributed by atoms with Gasteiger partial charge in [-0.3, -0.25) is 4.79 Å². The zero-order valence-electron chi connectivity index (χ0n) is 18.5. The molecule has 29 heavy (non-hydrogen) atoms. The van der Waals surface area contributed by atoms with E-state index in [4.69, 9.17) is 14.2 Å². The number of imide groups is 1. The minimum Gasteiger partial charge on any atom is -0.454 e. The molecule has 1 aliphatic rings. The molecular weight excluding hydrogens is 372 g/mol. The maximum atomic E-state index is 12.7. The smallest absolute Gasteiger partial charge is 0.417 e. The monoisotopic (exact) mass is 407 g/mol. The molecule has 7 nitrogen and oxygen atoms in total. The van der Waals surface area contributed by atoms with Gasteiger partial charge in [-0.2, -0.15) is 0 Å². The van der Waals surface area contributed by atoms with Crippen LogP contribution in [0.2, 0.25) is 0 Å². The third-order valence-electron chi connectivity index (χ3n) is 4.20. The number of benzene rings is 1. The minimum absolute atomic E-state index is 0.192. The topological polar surface area (TPSA) is 81.7 Å². The molecular formula is C22H35N2O5+. The molecule has 2 amide bonds. The summed E-state index contributed by atoms with van der Waals surface area (Å²) in [6, 6.07) is 5.92. The van der Waals surface area contributed by atoms with Crippen molar-refractivity contribution in [2.75, 3.05) is 19.9 Å². The van der Waals surface area contributed by atoms with E-state index >= 15 is 0 Å². The molecule has 1 heterocycles.